The summed E-state index contributed by atoms with van der Waals surface area (Å²) in [5, 5.41) is 0. The molecular weight excluding hydrogens is 210 g/mol. The van der Waals surface area contributed by atoms with Gasteiger partial charge >= 0.3 is 0 Å². The van der Waals surface area contributed by atoms with E-state index in [1.807, 2.05) is 12.3 Å². The number of aromatic nitrogens is 1. The maximum absolute atomic E-state index is 4.44. The van der Waals surface area contributed by atoms with Crippen molar-refractivity contribution in [1.29, 1.82) is 0 Å². The minimum Gasteiger partial charge on any atom is -0.357 e. The number of pyridine rings is 1. The Bertz CT molecular complexity index is 338. The van der Waals surface area contributed by atoms with E-state index in [0.717, 1.165) is 24.9 Å². The van der Waals surface area contributed by atoms with Crippen LogP contribution in [0, 0.1) is 0 Å². The Kier molecular flexibility index (Phi) is 3.27. The van der Waals surface area contributed by atoms with Gasteiger partial charge in [0.05, 0.1) is 0 Å². The van der Waals surface area contributed by atoms with Gasteiger partial charge < -0.3 is 9.80 Å². The summed E-state index contributed by atoms with van der Waals surface area (Å²) >= 11 is 0. The zero-order valence-electron chi connectivity index (χ0n) is 10.4. The lowest BCUT2D eigenvalue weighted by Crippen LogP contribution is -2.44. The van der Waals surface area contributed by atoms with Crippen molar-refractivity contribution in [2.75, 3.05) is 31.1 Å². The maximum atomic E-state index is 4.44. The van der Waals surface area contributed by atoms with Crippen LogP contribution in [-0.4, -0.2) is 42.1 Å². The highest BCUT2D eigenvalue weighted by molar-refractivity contribution is 5.38. The quantitative estimate of drug-likeness (QED) is 0.777. The molecule has 0 aliphatic carbocycles. The van der Waals surface area contributed by atoms with E-state index in [1.165, 1.54) is 38.8 Å². The molecule has 0 unspecified atom stereocenters. The first-order valence-corrected chi connectivity index (χ1v) is 6.83. The first-order chi connectivity index (χ1) is 8.43. The van der Waals surface area contributed by atoms with E-state index in [9.17, 15) is 0 Å². The summed E-state index contributed by atoms with van der Waals surface area (Å²) in [5.41, 5.74) is 0. The third kappa shape index (κ3) is 2.44. The van der Waals surface area contributed by atoms with Crippen LogP contribution in [0.2, 0.25) is 0 Å². The molecule has 0 amide bonds. The molecule has 0 bridgehead atoms. The zero-order chi connectivity index (χ0) is 11.5. The summed E-state index contributed by atoms with van der Waals surface area (Å²) in [5.74, 6) is 1.15. The van der Waals surface area contributed by atoms with Gasteiger partial charge in [0, 0.05) is 25.3 Å². The van der Waals surface area contributed by atoms with Gasteiger partial charge in [-0.2, -0.15) is 0 Å². The molecule has 92 valence electrons. The lowest BCUT2D eigenvalue weighted by molar-refractivity contribution is 0.207. The smallest absolute Gasteiger partial charge is 0.128 e. The fourth-order valence-corrected chi connectivity index (χ4v) is 3.11. The summed E-state index contributed by atoms with van der Waals surface area (Å²) in [4.78, 5) is 9.55. The summed E-state index contributed by atoms with van der Waals surface area (Å²) in [6.07, 6.45) is 7.30. The van der Waals surface area contributed by atoms with Crippen molar-refractivity contribution in [2.24, 2.45) is 0 Å². The fourth-order valence-electron chi connectivity index (χ4n) is 3.11. The normalized spacial score (nSPS) is 23.2. The molecule has 3 rings (SSSR count). The van der Waals surface area contributed by atoms with Crippen molar-refractivity contribution in [1.82, 2.24) is 9.88 Å². The fraction of sp³-hybridized carbons (Fsp3) is 0.643. The maximum Gasteiger partial charge on any atom is 0.128 e. The van der Waals surface area contributed by atoms with Crippen LogP contribution in [0.1, 0.15) is 25.7 Å². The standard InChI is InChI=1S/C14H21N3/c1-2-8-15-14(5-1)17-11-6-13(7-12-17)16-9-3-4-10-16/h1-2,5,8,13H,3-4,6-7,9-12H2. The Labute approximate surface area is 103 Å². The van der Waals surface area contributed by atoms with E-state index in [2.05, 4.69) is 26.9 Å². The van der Waals surface area contributed by atoms with Crippen LogP contribution >= 0.6 is 0 Å². The van der Waals surface area contributed by atoms with Gasteiger partial charge in [-0.1, -0.05) is 6.07 Å². The van der Waals surface area contributed by atoms with Crippen molar-refractivity contribution in [2.45, 2.75) is 31.7 Å². The molecule has 2 fully saturated rings. The van der Waals surface area contributed by atoms with E-state index in [0.29, 0.717) is 0 Å². The van der Waals surface area contributed by atoms with Gasteiger partial charge in [-0.3, -0.25) is 0 Å². The number of hydrogen-bond acceptors (Lipinski definition) is 3. The molecule has 0 atom stereocenters. The highest BCUT2D eigenvalue weighted by Crippen LogP contribution is 2.23. The second kappa shape index (κ2) is 5.05. The average molecular weight is 231 g/mol. The third-order valence-corrected chi connectivity index (χ3v) is 4.09. The van der Waals surface area contributed by atoms with Gasteiger partial charge in [-0.15, -0.1) is 0 Å². The molecule has 0 N–H and O–H groups in total. The predicted octanol–water partition coefficient (Wildman–Crippen LogP) is 2.15. The van der Waals surface area contributed by atoms with Crippen LogP contribution in [0.4, 0.5) is 5.82 Å². The molecule has 2 aliphatic rings. The minimum absolute atomic E-state index is 0.831. The van der Waals surface area contributed by atoms with E-state index in [1.54, 1.807) is 0 Å². The second-order valence-corrected chi connectivity index (χ2v) is 5.15. The van der Waals surface area contributed by atoms with Crippen LogP contribution in [0.25, 0.3) is 0 Å². The van der Waals surface area contributed by atoms with Gasteiger partial charge in [0.15, 0.2) is 0 Å². The van der Waals surface area contributed by atoms with Crippen molar-refractivity contribution < 1.29 is 0 Å². The zero-order valence-corrected chi connectivity index (χ0v) is 10.4. The first kappa shape index (κ1) is 11.0. The highest BCUT2D eigenvalue weighted by atomic mass is 15.2. The second-order valence-electron chi connectivity index (χ2n) is 5.15. The summed E-state index contributed by atoms with van der Waals surface area (Å²) in [6.45, 7) is 4.98. The molecule has 3 nitrogen and oxygen atoms in total. The van der Waals surface area contributed by atoms with Gasteiger partial charge in [-0.25, -0.2) is 4.98 Å². The Morgan fingerprint density at radius 2 is 1.76 bits per heavy atom. The minimum atomic E-state index is 0.831. The molecule has 3 heterocycles. The molecule has 2 saturated heterocycles. The van der Waals surface area contributed by atoms with Crippen molar-refractivity contribution >= 4 is 5.82 Å². The number of piperidine rings is 1. The van der Waals surface area contributed by atoms with Crippen LogP contribution < -0.4 is 4.90 Å². The molecule has 0 saturated carbocycles. The molecule has 0 spiro atoms. The van der Waals surface area contributed by atoms with Crippen LogP contribution in [0.5, 0.6) is 0 Å². The lowest BCUT2D eigenvalue weighted by atomic mass is 10.0. The molecule has 0 aromatic carbocycles. The van der Waals surface area contributed by atoms with E-state index in [-0.39, 0.29) is 0 Å². The van der Waals surface area contributed by atoms with Crippen molar-refractivity contribution in [3.8, 4) is 0 Å². The summed E-state index contributed by atoms with van der Waals surface area (Å²) in [7, 11) is 0. The Morgan fingerprint density at radius 1 is 1.00 bits per heavy atom. The van der Waals surface area contributed by atoms with E-state index in [4.69, 9.17) is 0 Å². The van der Waals surface area contributed by atoms with Gasteiger partial charge in [0.2, 0.25) is 0 Å². The number of likely N-dealkylation sites (tertiary alicyclic amines) is 1. The Balaban J connectivity index is 1.57. The monoisotopic (exact) mass is 231 g/mol. The van der Waals surface area contributed by atoms with E-state index < -0.39 is 0 Å². The number of hydrogen-bond donors (Lipinski definition) is 0. The summed E-state index contributed by atoms with van der Waals surface area (Å²) < 4.78 is 0. The molecule has 1 aromatic rings. The molecule has 3 heteroatoms. The van der Waals surface area contributed by atoms with Crippen LogP contribution in [-0.2, 0) is 0 Å². The van der Waals surface area contributed by atoms with Crippen LogP contribution in [0.3, 0.4) is 0 Å². The topological polar surface area (TPSA) is 19.4 Å². The molecule has 17 heavy (non-hydrogen) atoms. The average Bonchev–Trinajstić information content (AvgIpc) is 2.94. The largest absolute Gasteiger partial charge is 0.357 e. The number of anilines is 1. The Morgan fingerprint density at radius 3 is 2.41 bits per heavy atom. The molecule has 2 aliphatic heterocycles. The van der Waals surface area contributed by atoms with E-state index >= 15 is 0 Å². The highest BCUT2D eigenvalue weighted by Gasteiger charge is 2.26. The van der Waals surface area contributed by atoms with Gasteiger partial charge in [0.1, 0.15) is 5.82 Å². The SMILES string of the molecule is c1ccc(N2CCC(N3CCCC3)CC2)nc1. The number of rotatable bonds is 2. The van der Waals surface area contributed by atoms with Gasteiger partial charge in [0.25, 0.3) is 0 Å². The summed E-state index contributed by atoms with van der Waals surface area (Å²) in [6, 6.07) is 7.02. The lowest BCUT2D eigenvalue weighted by Gasteiger charge is -2.37. The third-order valence-electron chi connectivity index (χ3n) is 4.09. The van der Waals surface area contributed by atoms with Crippen molar-refractivity contribution in [3.63, 3.8) is 0 Å². The molecule has 0 radical (unpaired) electrons. The Hall–Kier alpha value is -1.09. The van der Waals surface area contributed by atoms with Crippen molar-refractivity contribution in [3.05, 3.63) is 24.4 Å². The molecular formula is C14H21N3. The van der Waals surface area contributed by atoms with Gasteiger partial charge in [-0.05, 0) is 50.9 Å². The first-order valence-electron chi connectivity index (χ1n) is 6.83. The molecule has 1 aromatic heterocycles. The number of nitrogens with zero attached hydrogens (tertiary/aromatic N) is 3. The predicted molar refractivity (Wildman–Crippen MR) is 70.3 cm³/mol. The van der Waals surface area contributed by atoms with Crippen LogP contribution in [0.15, 0.2) is 24.4 Å².